The fourth-order valence-corrected chi connectivity index (χ4v) is 4.19. The van der Waals surface area contributed by atoms with Gasteiger partial charge in [-0.3, -0.25) is 0 Å². The van der Waals surface area contributed by atoms with Crippen LogP contribution in [0.25, 0.3) is 0 Å². The molecule has 3 nitrogen and oxygen atoms in total. The molecule has 1 atom stereocenters. The number of hydrogen-bond donors (Lipinski definition) is 0. The lowest BCUT2D eigenvalue weighted by Gasteiger charge is -2.41. The molecule has 3 heteroatoms. The molecular formula is C23H29N2O+. The average Bonchev–Trinajstić information content (AvgIpc) is 2.93. The van der Waals surface area contributed by atoms with Crippen LogP contribution in [0.5, 0.6) is 5.75 Å². The van der Waals surface area contributed by atoms with E-state index >= 15 is 0 Å². The summed E-state index contributed by atoms with van der Waals surface area (Å²) < 4.78 is 6.16. The Morgan fingerprint density at radius 2 is 1.58 bits per heavy atom. The molecule has 136 valence electrons. The van der Waals surface area contributed by atoms with Crippen LogP contribution in [0.2, 0.25) is 0 Å². The van der Waals surface area contributed by atoms with Crippen LogP contribution in [0.3, 0.4) is 0 Å². The Balaban J connectivity index is 1.86. The number of nitriles is 1. The monoisotopic (exact) mass is 349 g/mol. The second-order valence-corrected chi connectivity index (χ2v) is 7.42. The molecular weight excluding hydrogens is 320 g/mol. The summed E-state index contributed by atoms with van der Waals surface area (Å²) in [5, 5.41) is 10.1. The standard InChI is InChI=1S/C23H29N2O/c1-26-23-13-11-20(12-14-23)17-22(18-24)25(15-7-2-3-8-16-25)19-21-9-5-4-6-10-21/h4-6,9-14,22H,2-3,7-8,15-17,19H2,1H3/q+1. The van der Waals surface area contributed by atoms with Crippen LogP contribution in [0.4, 0.5) is 0 Å². The summed E-state index contributed by atoms with van der Waals surface area (Å²) in [6.07, 6.45) is 5.81. The van der Waals surface area contributed by atoms with E-state index in [0.717, 1.165) is 36.3 Å². The zero-order valence-electron chi connectivity index (χ0n) is 15.7. The predicted octanol–water partition coefficient (Wildman–Crippen LogP) is 4.72. The van der Waals surface area contributed by atoms with E-state index < -0.39 is 0 Å². The first-order valence-corrected chi connectivity index (χ1v) is 9.68. The SMILES string of the molecule is COc1ccc(CC(C#N)[N+]2(Cc3ccccc3)CCCCCC2)cc1. The maximum Gasteiger partial charge on any atom is 0.180 e. The van der Waals surface area contributed by atoms with Crippen LogP contribution >= 0.6 is 0 Å². The molecule has 0 radical (unpaired) electrons. The van der Waals surface area contributed by atoms with Gasteiger partial charge < -0.3 is 9.22 Å². The highest BCUT2D eigenvalue weighted by Gasteiger charge is 2.37. The van der Waals surface area contributed by atoms with Gasteiger partial charge in [-0.15, -0.1) is 0 Å². The lowest BCUT2D eigenvalue weighted by molar-refractivity contribution is -0.955. The van der Waals surface area contributed by atoms with Gasteiger partial charge >= 0.3 is 0 Å². The smallest absolute Gasteiger partial charge is 0.180 e. The van der Waals surface area contributed by atoms with Gasteiger partial charge in [-0.05, 0) is 43.4 Å². The van der Waals surface area contributed by atoms with Crippen LogP contribution in [0.1, 0.15) is 36.8 Å². The molecule has 0 saturated carbocycles. The number of quaternary nitrogens is 1. The van der Waals surface area contributed by atoms with Crippen LogP contribution in [-0.2, 0) is 13.0 Å². The number of rotatable bonds is 6. The minimum absolute atomic E-state index is 0.0123. The molecule has 26 heavy (non-hydrogen) atoms. The van der Waals surface area contributed by atoms with Gasteiger partial charge in [-0.2, -0.15) is 5.26 Å². The molecule has 1 heterocycles. The van der Waals surface area contributed by atoms with E-state index in [4.69, 9.17) is 4.74 Å². The quantitative estimate of drug-likeness (QED) is 0.707. The molecule has 0 N–H and O–H groups in total. The van der Waals surface area contributed by atoms with E-state index in [1.807, 2.05) is 12.1 Å². The topological polar surface area (TPSA) is 33.0 Å². The van der Waals surface area contributed by atoms with Crippen molar-refractivity contribution in [1.82, 2.24) is 0 Å². The molecule has 2 aromatic rings. The average molecular weight is 349 g/mol. The molecule has 1 aliphatic heterocycles. The van der Waals surface area contributed by atoms with Crippen LogP contribution in [0, 0.1) is 11.3 Å². The Morgan fingerprint density at radius 1 is 0.923 bits per heavy atom. The first kappa shape index (κ1) is 18.5. The van der Waals surface area contributed by atoms with E-state index in [2.05, 4.69) is 48.5 Å². The van der Waals surface area contributed by atoms with Crippen molar-refractivity contribution in [2.75, 3.05) is 20.2 Å². The van der Waals surface area contributed by atoms with E-state index in [1.165, 1.54) is 36.8 Å². The number of methoxy groups -OCH3 is 1. The predicted molar refractivity (Wildman–Crippen MR) is 105 cm³/mol. The van der Waals surface area contributed by atoms with Crippen molar-refractivity contribution in [2.24, 2.45) is 0 Å². The Kier molecular flexibility index (Phi) is 6.30. The third-order valence-corrected chi connectivity index (χ3v) is 5.70. The highest BCUT2D eigenvalue weighted by Crippen LogP contribution is 2.28. The van der Waals surface area contributed by atoms with E-state index in [-0.39, 0.29) is 6.04 Å². The van der Waals surface area contributed by atoms with Crippen LogP contribution < -0.4 is 4.74 Å². The normalized spacial score (nSPS) is 17.7. The Hall–Kier alpha value is -2.31. The van der Waals surface area contributed by atoms with Gasteiger partial charge in [0.05, 0.1) is 20.2 Å². The van der Waals surface area contributed by atoms with E-state index in [0.29, 0.717) is 0 Å². The summed E-state index contributed by atoms with van der Waals surface area (Å²) in [7, 11) is 1.68. The van der Waals surface area contributed by atoms with Crippen molar-refractivity contribution < 1.29 is 9.22 Å². The number of ether oxygens (including phenoxy) is 1. The third kappa shape index (κ3) is 4.45. The first-order valence-electron chi connectivity index (χ1n) is 9.68. The fraction of sp³-hybridized carbons (Fsp3) is 0.435. The van der Waals surface area contributed by atoms with Gasteiger partial charge in [0.2, 0.25) is 0 Å². The van der Waals surface area contributed by atoms with Gasteiger partial charge in [-0.1, -0.05) is 42.5 Å². The van der Waals surface area contributed by atoms with Crippen molar-refractivity contribution >= 4 is 0 Å². The summed E-state index contributed by atoms with van der Waals surface area (Å²) in [5.74, 6) is 0.866. The van der Waals surface area contributed by atoms with Gasteiger partial charge in [0, 0.05) is 12.0 Å². The van der Waals surface area contributed by atoms with Crippen molar-refractivity contribution in [3.8, 4) is 11.8 Å². The lowest BCUT2D eigenvalue weighted by Crippen LogP contribution is -2.55. The minimum atomic E-state index is -0.0123. The fourth-order valence-electron chi connectivity index (χ4n) is 4.19. The zero-order chi connectivity index (χ0) is 18.2. The molecule has 0 bridgehead atoms. The zero-order valence-corrected chi connectivity index (χ0v) is 15.7. The van der Waals surface area contributed by atoms with Crippen molar-refractivity contribution in [3.63, 3.8) is 0 Å². The van der Waals surface area contributed by atoms with E-state index in [1.54, 1.807) is 7.11 Å². The van der Waals surface area contributed by atoms with Gasteiger partial charge in [-0.25, -0.2) is 0 Å². The molecule has 0 aromatic heterocycles. The molecule has 1 fully saturated rings. The lowest BCUT2D eigenvalue weighted by atomic mass is 10.0. The maximum atomic E-state index is 10.1. The second-order valence-electron chi connectivity index (χ2n) is 7.42. The first-order chi connectivity index (χ1) is 12.8. The Bertz CT molecular complexity index is 710. The number of nitrogens with zero attached hydrogens (tertiary/aromatic N) is 2. The van der Waals surface area contributed by atoms with Crippen molar-refractivity contribution in [3.05, 3.63) is 65.7 Å². The number of likely N-dealkylation sites (tertiary alicyclic amines) is 1. The molecule has 3 rings (SSSR count). The van der Waals surface area contributed by atoms with Gasteiger partial charge in [0.1, 0.15) is 18.4 Å². The van der Waals surface area contributed by atoms with E-state index in [9.17, 15) is 5.26 Å². The van der Waals surface area contributed by atoms with Crippen LogP contribution in [-0.4, -0.2) is 30.7 Å². The molecule has 2 aromatic carbocycles. The summed E-state index contributed by atoms with van der Waals surface area (Å²) in [6, 6.07) is 21.5. The number of benzene rings is 2. The highest BCUT2D eigenvalue weighted by molar-refractivity contribution is 5.28. The summed E-state index contributed by atoms with van der Waals surface area (Å²) >= 11 is 0. The molecule has 0 spiro atoms. The second kappa shape index (κ2) is 8.87. The largest absolute Gasteiger partial charge is 0.497 e. The van der Waals surface area contributed by atoms with Gasteiger partial charge in [0.25, 0.3) is 0 Å². The van der Waals surface area contributed by atoms with Crippen molar-refractivity contribution in [1.29, 1.82) is 5.26 Å². The molecule has 0 aliphatic carbocycles. The minimum Gasteiger partial charge on any atom is -0.497 e. The molecule has 1 aliphatic rings. The molecule has 1 saturated heterocycles. The Morgan fingerprint density at radius 3 is 2.15 bits per heavy atom. The summed E-state index contributed by atoms with van der Waals surface area (Å²) in [4.78, 5) is 0. The Labute approximate surface area is 157 Å². The molecule has 0 amide bonds. The molecule has 1 unspecified atom stereocenters. The number of hydrogen-bond acceptors (Lipinski definition) is 2. The summed E-state index contributed by atoms with van der Waals surface area (Å²) in [6.45, 7) is 3.15. The highest BCUT2D eigenvalue weighted by atomic mass is 16.5. The maximum absolute atomic E-state index is 10.1. The third-order valence-electron chi connectivity index (χ3n) is 5.70. The van der Waals surface area contributed by atoms with Gasteiger partial charge in [0.15, 0.2) is 6.04 Å². The van der Waals surface area contributed by atoms with Crippen LogP contribution in [0.15, 0.2) is 54.6 Å². The van der Waals surface area contributed by atoms with Crippen molar-refractivity contribution in [2.45, 2.75) is 44.7 Å². The summed E-state index contributed by atoms with van der Waals surface area (Å²) in [5.41, 5.74) is 2.55.